The average Bonchev–Trinajstić information content (AvgIpc) is 0.856. The number of amides is 12. The van der Waals surface area contributed by atoms with Crippen LogP contribution in [0.5, 0.6) is 0 Å². The number of anilines is 3. The van der Waals surface area contributed by atoms with Crippen molar-refractivity contribution in [2.75, 3.05) is 77.9 Å². The number of alkyl halides is 1. The van der Waals surface area contributed by atoms with Gasteiger partial charge >= 0.3 is 47.6 Å². The van der Waals surface area contributed by atoms with E-state index >= 15 is 0 Å². The van der Waals surface area contributed by atoms with E-state index in [1.807, 2.05) is 0 Å². The zero-order chi connectivity index (χ0) is 82.8. The molecule has 0 fully saturated rings. The number of aliphatic hydroxyl groups excluding tert-OH is 1. The fourth-order valence-corrected chi connectivity index (χ4v) is 12.1. The quantitative estimate of drug-likeness (QED) is 0.0108. The summed E-state index contributed by atoms with van der Waals surface area (Å²) in [6.45, 7) is 7.83. The van der Waals surface area contributed by atoms with Gasteiger partial charge in [-0.25, -0.2) is 14.4 Å². The van der Waals surface area contributed by atoms with Crippen LogP contribution in [0.4, 0.5) is 17.1 Å². The molecule has 0 aliphatic rings. The van der Waals surface area contributed by atoms with Gasteiger partial charge in [0.1, 0.15) is 18.1 Å². The van der Waals surface area contributed by atoms with Crippen LogP contribution in [0.3, 0.4) is 0 Å². The van der Waals surface area contributed by atoms with Crippen molar-refractivity contribution >= 4 is 189 Å². The summed E-state index contributed by atoms with van der Waals surface area (Å²) in [6.07, 6.45) is 0.507. The first-order valence-corrected chi connectivity index (χ1v) is 38.6. The molecule has 0 saturated heterocycles. The van der Waals surface area contributed by atoms with Crippen LogP contribution in [0.25, 0.3) is 0 Å². The first-order valence-electron chi connectivity index (χ1n) is 33.0. The minimum absolute atomic E-state index is 0.00152. The molecule has 0 spiro atoms. The largest absolute Gasteiger partial charge is 0.481 e. The Morgan fingerprint density at radius 3 is 1.33 bits per heavy atom. The lowest BCUT2D eigenvalue weighted by Crippen LogP contribution is -2.52. The Morgan fingerprint density at radius 2 is 0.918 bits per heavy atom. The third-order valence-electron chi connectivity index (χ3n) is 13.8. The number of halogens is 1. The van der Waals surface area contributed by atoms with Crippen LogP contribution in [0.1, 0.15) is 81.5 Å². The highest BCUT2D eigenvalue weighted by atomic mass is 79.9. The number of aliphatic hydroxyl groups is 1. The van der Waals surface area contributed by atoms with E-state index < -0.39 is 139 Å². The number of rotatable bonds is 44. The number of carboxylic acids is 5. The minimum atomic E-state index is -1.64. The molecule has 38 nitrogen and oxygen atoms in total. The van der Waals surface area contributed by atoms with Crippen molar-refractivity contribution < 1.29 is 122 Å². The van der Waals surface area contributed by atoms with E-state index in [1.165, 1.54) is 65.8 Å². The zero-order valence-electron chi connectivity index (χ0n) is 59.7. The molecular formula is C67H88BrN13O25S4. The summed E-state index contributed by atoms with van der Waals surface area (Å²) in [4.78, 5) is 220. The smallest absolute Gasteiger partial charge is 0.394 e. The molecule has 3 aromatic rings. The summed E-state index contributed by atoms with van der Waals surface area (Å²) in [7, 11) is 2.97. The Labute approximate surface area is 654 Å². The van der Waals surface area contributed by atoms with Crippen LogP contribution in [-0.2, 0) is 116 Å². The molecule has 110 heavy (non-hydrogen) atoms. The van der Waals surface area contributed by atoms with Gasteiger partial charge < -0.3 is 100 Å². The third-order valence-corrected chi connectivity index (χ3v) is 18.7. The van der Waals surface area contributed by atoms with Crippen molar-refractivity contribution in [3.05, 3.63) is 102 Å². The fraction of sp³-hybridized carbons (Fsp3) is 0.418. The summed E-state index contributed by atoms with van der Waals surface area (Å²) in [5, 5.41) is 83.0. The highest BCUT2D eigenvalue weighted by Crippen LogP contribution is 2.24. The van der Waals surface area contributed by atoms with Crippen LogP contribution in [0, 0.1) is 0 Å². The molecule has 0 unspecified atom stereocenters. The molecule has 0 heterocycles. The number of benzene rings is 3. The Hall–Kier alpha value is -10.5. The van der Waals surface area contributed by atoms with Gasteiger partial charge in [-0.1, -0.05) is 105 Å². The topological polar surface area (TPSA) is 616 Å². The number of carboxylic acid groups (broad SMARTS) is 5. The zero-order valence-corrected chi connectivity index (χ0v) is 64.5. The number of carbonyl (C=O) groups is 19. The van der Waals surface area contributed by atoms with Gasteiger partial charge in [0, 0.05) is 124 Å². The second-order valence-corrected chi connectivity index (χ2v) is 28.2. The Morgan fingerprint density at radius 1 is 0.491 bits per heavy atom. The van der Waals surface area contributed by atoms with Gasteiger partial charge in [-0.15, -0.1) is 0 Å². The maximum Gasteiger partial charge on any atom is 0.394 e. The standard InChI is InChI=1S/C23H31N5O8S2.C22H27BrN4O9S.C22H30N4O8S/c1-2-18(29)25-9-7-19(30)28-17(12-20(31)32)21(33)27-16(13-38-37-10-8-24)11-14-3-5-15(6-4-14)26-22(34)23(35)36;1-12(28)37-11-15(8-13-2-4-14(5-3-13)25-21(34)22(35)36)26-20(33)16(9-19(31)32)27-17(29)6-7-24-18(30)10-23;1-3-18(29)23-9-7-19(30)26-17(11-27)20(31)24-8-6-14-4-5-16(25-21(32)22(33)34)10-15(14)12-35-13(2)28/h2-6,16-17H,1,7-13,24H2,(H,25,29)(H,26,34)(H,27,33)(H,28,30)(H,31,32)(H,35,36);2-5,15-16H,6-11H2,1H3,(H,24,30)(H,25,34)(H,26,33)(H,27,29)(H,31,32)(H,35,36);4-5,10,17,27H,3,6-9,11-12H2,1-2H3,(H,23,29)(H,24,31)(H,25,32)(H,26,30)(H,33,34)/t16-,17+;15-,16+;17-/m110/s1. The Kier molecular flexibility index (Phi) is 48.8. The first kappa shape index (κ1) is 97.5. The molecule has 20 N–H and O–H groups in total. The molecule has 3 aromatic carbocycles. The summed E-state index contributed by atoms with van der Waals surface area (Å²) < 4.78 is 0. The highest BCUT2D eigenvalue weighted by molar-refractivity contribution is 9.09. The molecule has 5 atom stereocenters. The van der Waals surface area contributed by atoms with Crippen LogP contribution < -0.4 is 69.5 Å². The maximum absolute atomic E-state index is 13.0. The van der Waals surface area contributed by atoms with Gasteiger partial charge in [0.05, 0.1) is 24.8 Å². The lowest BCUT2D eigenvalue weighted by atomic mass is 10.0. The molecule has 12 amide bonds. The van der Waals surface area contributed by atoms with Gasteiger partial charge in [-0.3, -0.25) is 76.7 Å². The normalized spacial score (nSPS) is 11.7. The molecule has 0 aliphatic carbocycles. The number of nitrogens with one attached hydrogen (secondary N) is 12. The molecule has 43 heteroatoms. The predicted octanol–water partition coefficient (Wildman–Crippen LogP) is -0.852. The summed E-state index contributed by atoms with van der Waals surface area (Å²) in [6, 6.07) is 12.2. The van der Waals surface area contributed by atoms with E-state index in [9.17, 15) is 106 Å². The maximum atomic E-state index is 13.0. The van der Waals surface area contributed by atoms with Crippen molar-refractivity contribution in [1.29, 1.82) is 0 Å². The number of aliphatic carboxylic acids is 5. The number of hydrogen-bond donors (Lipinski definition) is 19. The van der Waals surface area contributed by atoms with E-state index in [2.05, 4.69) is 86.3 Å². The van der Waals surface area contributed by atoms with E-state index in [0.717, 1.165) is 40.7 Å². The second kappa shape index (κ2) is 55.0. The van der Waals surface area contributed by atoms with E-state index in [4.69, 9.17) is 21.1 Å². The monoisotopic (exact) mass is 1680 g/mol. The van der Waals surface area contributed by atoms with Gasteiger partial charge in [-0.2, -0.15) is 0 Å². The van der Waals surface area contributed by atoms with Crippen LogP contribution in [-0.4, -0.2) is 234 Å². The molecular weight excluding hydrogens is 1590 g/mol. The Bertz CT molecular complexity index is 3730. The summed E-state index contributed by atoms with van der Waals surface area (Å²) in [5.41, 5.74) is 9.14. The predicted molar refractivity (Wildman–Crippen MR) is 410 cm³/mol. The Balaban J connectivity index is 0.000000826. The van der Waals surface area contributed by atoms with Crippen LogP contribution >= 0.6 is 61.0 Å². The summed E-state index contributed by atoms with van der Waals surface area (Å²) >= 11 is 4.95. The number of thioether (sulfide) groups is 2. The van der Waals surface area contributed by atoms with Gasteiger partial charge in [0.25, 0.3) is 0 Å². The van der Waals surface area contributed by atoms with Gasteiger partial charge in [0.15, 0.2) is 10.2 Å². The number of carbonyl (C=O) groups excluding carboxylic acids is 14. The first-order chi connectivity index (χ1) is 52.0. The second-order valence-electron chi connectivity index (χ2n) is 22.7. The molecule has 3 rings (SSSR count). The molecule has 0 aliphatic heterocycles. The van der Waals surface area contributed by atoms with E-state index in [0.29, 0.717) is 42.0 Å². The average molecular weight is 1680 g/mol. The molecule has 602 valence electrons. The SMILES string of the molecule is C=CC(=O)NCCC(=O)N[C@@H](CC(=O)O)C(=O)N[C@@H](CSSCCN)Cc1ccc(NC(=O)C(=O)O)cc1.CC(=O)SC[C@@H](Cc1ccc(NC(=O)C(=O)O)cc1)NC(=O)[C@H](CC(=O)O)NC(=O)CCNC(=O)CBr.CCC(=O)NCCC(=O)N[C@@H](CO)C(=O)NCCc1ccc(NC(=O)C(=O)O)cc1CSC(C)=O. The van der Waals surface area contributed by atoms with E-state index in [-0.39, 0.29) is 114 Å². The molecule has 0 radical (unpaired) electrons. The number of nitrogens with two attached hydrogens (primary N) is 1. The van der Waals surface area contributed by atoms with Gasteiger partial charge in [-0.05, 0) is 84.0 Å². The molecule has 0 aromatic heterocycles. The molecule has 0 saturated carbocycles. The van der Waals surface area contributed by atoms with Crippen molar-refractivity contribution in [3.63, 3.8) is 0 Å². The van der Waals surface area contributed by atoms with Crippen LogP contribution in [0.2, 0.25) is 0 Å². The lowest BCUT2D eigenvalue weighted by Gasteiger charge is -2.23. The minimum Gasteiger partial charge on any atom is -0.481 e. The van der Waals surface area contributed by atoms with Gasteiger partial charge in [0.2, 0.25) is 53.2 Å². The highest BCUT2D eigenvalue weighted by Gasteiger charge is 2.29. The van der Waals surface area contributed by atoms with Crippen molar-refractivity contribution in [1.82, 2.24) is 47.9 Å². The summed E-state index contributed by atoms with van der Waals surface area (Å²) in [5.74, 6) is -14.3. The van der Waals surface area contributed by atoms with Crippen molar-refractivity contribution in [2.45, 2.75) is 115 Å². The molecule has 0 bridgehead atoms. The fourth-order valence-electron chi connectivity index (χ4n) is 8.57. The van der Waals surface area contributed by atoms with Crippen molar-refractivity contribution in [3.8, 4) is 0 Å². The van der Waals surface area contributed by atoms with E-state index in [1.54, 1.807) is 43.3 Å². The van der Waals surface area contributed by atoms with Crippen molar-refractivity contribution in [2.24, 2.45) is 5.73 Å². The lowest BCUT2D eigenvalue weighted by molar-refractivity contribution is -0.147. The number of hydrogen-bond acceptors (Lipinski definition) is 25. The van der Waals surface area contributed by atoms with Crippen LogP contribution in [0.15, 0.2) is 79.4 Å². The third kappa shape index (κ3) is 44.7.